The van der Waals surface area contributed by atoms with Crippen molar-refractivity contribution in [3.63, 3.8) is 0 Å². The zero-order chi connectivity index (χ0) is 18.8. The average Bonchev–Trinajstić information content (AvgIpc) is 3.16. The number of benzene rings is 2. The first-order chi connectivity index (χ1) is 13.2. The molecule has 1 atom stereocenters. The van der Waals surface area contributed by atoms with Crippen LogP contribution in [0.4, 0.5) is 0 Å². The van der Waals surface area contributed by atoms with Crippen molar-refractivity contribution >= 4 is 11.3 Å². The van der Waals surface area contributed by atoms with Crippen LogP contribution < -0.4 is 10.5 Å². The number of ether oxygens (including phenoxy) is 1. The van der Waals surface area contributed by atoms with Gasteiger partial charge in [0.1, 0.15) is 10.8 Å². The van der Waals surface area contributed by atoms with Crippen LogP contribution in [0.5, 0.6) is 5.75 Å². The second kappa shape index (κ2) is 7.83. The Morgan fingerprint density at radius 3 is 2.85 bits per heavy atom. The van der Waals surface area contributed by atoms with Gasteiger partial charge in [-0.2, -0.15) is 0 Å². The average molecular weight is 379 g/mol. The van der Waals surface area contributed by atoms with E-state index in [2.05, 4.69) is 37.3 Å². The van der Waals surface area contributed by atoms with E-state index in [4.69, 9.17) is 15.5 Å². The number of rotatable bonds is 6. The molecular formula is C23H26N2OS. The van der Waals surface area contributed by atoms with Gasteiger partial charge in [0, 0.05) is 5.56 Å². The number of hydrogen-bond acceptors (Lipinski definition) is 4. The van der Waals surface area contributed by atoms with Crippen LogP contribution in [0, 0.1) is 0 Å². The third kappa shape index (κ3) is 3.52. The van der Waals surface area contributed by atoms with E-state index < -0.39 is 0 Å². The fraction of sp³-hybridized carbons (Fsp3) is 0.348. The van der Waals surface area contributed by atoms with Crippen molar-refractivity contribution in [2.45, 2.75) is 38.5 Å². The molecule has 4 heteroatoms. The molecule has 1 aromatic heterocycles. The number of hydrogen-bond donors (Lipinski definition) is 1. The lowest BCUT2D eigenvalue weighted by atomic mass is 9.87. The first-order valence-electron chi connectivity index (χ1n) is 9.70. The molecule has 0 bridgehead atoms. The maximum Gasteiger partial charge on any atom is 0.124 e. The third-order valence-electron chi connectivity index (χ3n) is 5.41. The summed E-state index contributed by atoms with van der Waals surface area (Å²) in [6.45, 7) is 2.95. The molecule has 4 rings (SSSR count). The summed E-state index contributed by atoms with van der Waals surface area (Å²) in [6.07, 6.45) is 4.39. The van der Waals surface area contributed by atoms with Gasteiger partial charge in [0.05, 0.1) is 17.7 Å². The number of thiazole rings is 1. The van der Waals surface area contributed by atoms with Crippen LogP contribution in [-0.2, 0) is 12.8 Å². The molecule has 2 N–H and O–H groups in total. The first-order valence-corrected chi connectivity index (χ1v) is 10.5. The quantitative estimate of drug-likeness (QED) is 0.622. The maximum absolute atomic E-state index is 6.02. The van der Waals surface area contributed by atoms with Gasteiger partial charge in [0.25, 0.3) is 0 Å². The number of aryl methyl sites for hydroxylation is 2. The van der Waals surface area contributed by atoms with Crippen LogP contribution in [0.2, 0.25) is 0 Å². The smallest absolute Gasteiger partial charge is 0.124 e. The Labute approximate surface area is 165 Å². The zero-order valence-electron chi connectivity index (χ0n) is 16.0. The number of nitrogens with zero attached hydrogens (tertiary/aromatic N) is 1. The van der Waals surface area contributed by atoms with Crippen LogP contribution >= 0.6 is 11.3 Å². The van der Waals surface area contributed by atoms with Gasteiger partial charge >= 0.3 is 0 Å². The molecule has 3 aromatic rings. The molecule has 140 valence electrons. The highest BCUT2D eigenvalue weighted by Gasteiger charge is 2.22. The van der Waals surface area contributed by atoms with Crippen molar-refractivity contribution in [2.24, 2.45) is 5.73 Å². The van der Waals surface area contributed by atoms with Crippen molar-refractivity contribution in [1.29, 1.82) is 0 Å². The minimum Gasteiger partial charge on any atom is -0.497 e. The third-order valence-corrected chi connectivity index (χ3v) is 6.59. The number of methoxy groups -OCH3 is 1. The molecule has 0 spiro atoms. The Morgan fingerprint density at radius 2 is 2.07 bits per heavy atom. The first kappa shape index (κ1) is 18.2. The normalized spacial score (nSPS) is 13.7. The second-order valence-corrected chi connectivity index (χ2v) is 8.16. The van der Waals surface area contributed by atoms with Crippen molar-refractivity contribution in [3.8, 4) is 26.8 Å². The van der Waals surface area contributed by atoms with Crippen LogP contribution in [0.15, 0.2) is 42.5 Å². The Balaban J connectivity index is 1.70. The van der Waals surface area contributed by atoms with Gasteiger partial charge in [-0.05, 0) is 60.5 Å². The van der Waals surface area contributed by atoms with Gasteiger partial charge in [0.15, 0.2) is 0 Å². The van der Waals surface area contributed by atoms with Crippen LogP contribution in [0.1, 0.15) is 42.5 Å². The lowest BCUT2D eigenvalue weighted by Gasteiger charge is -2.20. The molecule has 1 aliphatic carbocycles. The van der Waals surface area contributed by atoms with E-state index in [1.165, 1.54) is 33.7 Å². The van der Waals surface area contributed by atoms with E-state index in [-0.39, 0.29) is 0 Å². The highest BCUT2D eigenvalue weighted by atomic mass is 32.1. The van der Waals surface area contributed by atoms with Gasteiger partial charge in [-0.25, -0.2) is 4.98 Å². The predicted octanol–water partition coefficient (Wildman–Crippen LogP) is 5.43. The SMILES string of the molecule is CCCC(CN)c1ccc2c(c1)CCc1nc(-c3cccc(OC)c3)sc1-2. The molecule has 2 aromatic carbocycles. The molecule has 0 saturated carbocycles. The minimum atomic E-state index is 0.468. The van der Waals surface area contributed by atoms with E-state index in [1.54, 1.807) is 18.4 Å². The van der Waals surface area contributed by atoms with Crippen LogP contribution in [-0.4, -0.2) is 18.6 Å². The summed E-state index contributed by atoms with van der Waals surface area (Å²) in [5.74, 6) is 1.34. The van der Waals surface area contributed by atoms with Gasteiger partial charge in [0.2, 0.25) is 0 Å². The van der Waals surface area contributed by atoms with Crippen molar-refractivity contribution in [1.82, 2.24) is 4.98 Å². The van der Waals surface area contributed by atoms with Crippen LogP contribution in [0.25, 0.3) is 21.0 Å². The van der Waals surface area contributed by atoms with E-state index in [0.717, 1.165) is 42.1 Å². The zero-order valence-corrected chi connectivity index (χ0v) is 16.8. The Morgan fingerprint density at radius 1 is 1.19 bits per heavy atom. The van der Waals surface area contributed by atoms with Crippen molar-refractivity contribution in [2.75, 3.05) is 13.7 Å². The monoisotopic (exact) mass is 378 g/mol. The summed E-state index contributed by atoms with van der Waals surface area (Å²) in [5.41, 5.74) is 12.5. The number of nitrogens with two attached hydrogens (primary N) is 1. The summed E-state index contributed by atoms with van der Waals surface area (Å²) < 4.78 is 5.37. The number of aromatic nitrogens is 1. The summed E-state index contributed by atoms with van der Waals surface area (Å²) in [6, 6.07) is 15.1. The molecule has 0 amide bonds. The van der Waals surface area contributed by atoms with E-state index >= 15 is 0 Å². The van der Waals surface area contributed by atoms with Gasteiger partial charge in [-0.3, -0.25) is 0 Å². The summed E-state index contributed by atoms with van der Waals surface area (Å²) in [4.78, 5) is 6.26. The minimum absolute atomic E-state index is 0.468. The van der Waals surface area contributed by atoms with Gasteiger partial charge in [-0.15, -0.1) is 11.3 Å². The van der Waals surface area contributed by atoms with Gasteiger partial charge < -0.3 is 10.5 Å². The van der Waals surface area contributed by atoms with Gasteiger partial charge in [-0.1, -0.05) is 43.7 Å². The second-order valence-electron chi connectivity index (χ2n) is 7.16. The lowest BCUT2D eigenvalue weighted by Crippen LogP contribution is -2.13. The largest absolute Gasteiger partial charge is 0.497 e. The molecule has 1 unspecified atom stereocenters. The molecule has 0 aliphatic heterocycles. The van der Waals surface area contributed by atoms with Crippen molar-refractivity contribution in [3.05, 3.63) is 59.3 Å². The van der Waals surface area contributed by atoms with Crippen molar-refractivity contribution < 1.29 is 4.74 Å². The molecule has 0 radical (unpaired) electrons. The van der Waals surface area contributed by atoms with E-state index in [9.17, 15) is 0 Å². The highest BCUT2D eigenvalue weighted by Crippen LogP contribution is 2.42. The predicted molar refractivity (Wildman–Crippen MR) is 114 cm³/mol. The van der Waals surface area contributed by atoms with Crippen LogP contribution in [0.3, 0.4) is 0 Å². The summed E-state index contributed by atoms with van der Waals surface area (Å²) >= 11 is 1.79. The maximum atomic E-state index is 6.02. The molecule has 1 aliphatic rings. The highest BCUT2D eigenvalue weighted by molar-refractivity contribution is 7.18. The standard InChI is InChI=1S/C23H26N2OS/c1-3-5-18(14-24)15-8-10-20-16(12-15)9-11-21-22(20)27-23(25-21)17-6-4-7-19(13-17)26-2/h4,6-8,10,12-13,18H,3,5,9,11,14,24H2,1-2H3. The molecule has 0 saturated heterocycles. The summed E-state index contributed by atoms with van der Waals surface area (Å²) in [5, 5.41) is 1.07. The Bertz CT molecular complexity index is 947. The topological polar surface area (TPSA) is 48.1 Å². The molecular weight excluding hydrogens is 352 g/mol. The molecule has 3 nitrogen and oxygen atoms in total. The fourth-order valence-corrected chi connectivity index (χ4v) is 5.10. The lowest BCUT2D eigenvalue weighted by molar-refractivity contribution is 0.415. The fourth-order valence-electron chi connectivity index (χ4n) is 3.93. The molecule has 1 heterocycles. The Hall–Kier alpha value is -2.17. The van der Waals surface area contributed by atoms with E-state index in [1.807, 2.05) is 12.1 Å². The Kier molecular flexibility index (Phi) is 5.28. The molecule has 27 heavy (non-hydrogen) atoms. The van der Waals surface area contributed by atoms with E-state index in [0.29, 0.717) is 5.92 Å². The molecule has 0 fully saturated rings. The summed E-state index contributed by atoms with van der Waals surface area (Å²) in [7, 11) is 1.70. The number of fused-ring (bicyclic) bond motifs is 3.